The predicted octanol–water partition coefficient (Wildman–Crippen LogP) is 3.02. The van der Waals surface area contributed by atoms with Crippen molar-refractivity contribution in [3.63, 3.8) is 0 Å². The molecule has 0 spiro atoms. The van der Waals surface area contributed by atoms with Gasteiger partial charge in [-0.15, -0.1) is 0 Å². The van der Waals surface area contributed by atoms with Gasteiger partial charge in [0.05, 0.1) is 11.0 Å². The van der Waals surface area contributed by atoms with E-state index in [2.05, 4.69) is 0 Å². The number of nitro benzene ring substituents is 1. The summed E-state index contributed by atoms with van der Waals surface area (Å²) < 4.78 is 13.5. The average molecular weight is 268 g/mol. The van der Waals surface area contributed by atoms with Crippen molar-refractivity contribution in [1.82, 2.24) is 0 Å². The second-order valence-electron chi connectivity index (χ2n) is 5.05. The van der Waals surface area contributed by atoms with Crippen LogP contribution in [0.5, 0.6) is 5.75 Å². The van der Waals surface area contributed by atoms with Crippen molar-refractivity contribution in [2.75, 3.05) is 0 Å². The molecule has 0 aromatic heterocycles. The maximum atomic E-state index is 13.5. The molecule has 5 nitrogen and oxygen atoms in total. The monoisotopic (exact) mass is 268 g/mol. The van der Waals surface area contributed by atoms with E-state index in [4.69, 9.17) is 5.73 Å². The molecule has 0 amide bonds. The lowest BCUT2D eigenvalue weighted by atomic mass is 9.81. The highest BCUT2D eigenvalue weighted by Gasteiger charge is 2.27. The molecule has 1 aliphatic rings. The third-order valence-corrected chi connectivity index (χ3v) is 3.81. The van der Waals surface area contributed by atoms with Gasteiger partial charge in [0.25, 0.3) is 5.69 Å². The summed E-state index contributed by atoms with van der Waals surface area (Å²) in [6, 6.07) is 1.33. The number of phenols is 1. The summed E-state index contributed by atoms with van der Waals surface area (Å²) in [6.07, 6.45) is 5.07. The van der Waals surface area contributed by atoms with Crippen molar-refractivity contribution >= 4 is 5.69 Å². The van der Waals surface area contributed by atoms with Gasteiger partial charge in [-0.05, 0) is 18.8 Å². The van der Waals surface area contributed by atoms with Crippen LogP contribution in [0.2, 0.25) is 0 Å². The molecule has 1 aromatic rings. The minimum absolute atomic E-state index is 0.138. The molecule has 1 saturated carbocycles. The lowest BCUT2D eigenvalue weighted by Gasteiger charge is -2.28. The summed E-state index contributed by atoms with van der Waals surface area (Å²) in [6.45, 7) is 0. The Morgan fingerprint density at radius 3 is 2.58 bits per heavy atom. The molecule has 104 valence electrons. The third kappa shape index (κ3) is 2.84. The number of benzene rings is 1. The van der Waals surface area contributed by atoms with Crippen LogP contribution in [0.1, 0.15) is 43.7 Å². The number of halogens is 1. The Bertz CT molecular complexity index is 487. The first kappa shape index (κ1) is 13.7. The van der Waals surface area contributed by atoms with Crippen LogP contribution in [-0.2, 0) is 0 Å². The summed E-state index contributed by atoms with van der Waals surface area (Å²) in [7, 11) is 0. The SMILES string of the molecule is N[C@@H](c1cc([N+](=O)[O-])cc(F)c1O)C1CCCCC1. The second-order valence-corrected chi connectivity index (χ2v) is 5.05. The van der Waals surface area contributed by atoms with Crippen LogP contribution in [0.15, 0.2) is 12.1 Å². The fourth-order valence-electron chi connectivity index (χ4n) is 2.71. The second kappa shape index (κ2) is 5.52. The van der Waals surface area contributed by atoms with E-state index < -0.39 is 22.5 Å². The van der Waals surface area contributed by atoms with Gasteiger partial charge in [0, 0.05) is 17.7 Å². The molecule has 0 aliphatic heterocycles. The van der Waals surface area contributed by atoms with E-state index in [1.807, 2.05) is 0 Å². The van der Waals surface area contributed by atoms with Gasteiger partial charge in [-0.25, -0.2) is 4.39 Å². The van der Waals surface area contributed by atoms with Crippen molar-refractivity contribution in [3.05, 3.63) is 33.6 Å². The van der Waals surface area contributed by atoms with Crippen LogP contribution in [0.25, 0.3) is 0 Å². The maximum absolute atomic E-state index is 13.5. The summed E-state index contributed by atoms with van der Waals surface area (Å²) in [5.74, 6) is -1.42. The van der Waals surface area contributed by atoms with Crippen molar-refractivity contribution < 1.29 is 14.4 Å². The van der Waals surface area contributed by atoms with Gasteiger partial charge in [0.1, 0.15) is 0 Å². The van der Waals surface area contributed by atoms with Gasteiger partial charge in [-0.1, -0.05) is 19.3 Å². The van der Waals surface area contributed by atoms with Crippen LogP contribution in [-0.4, -0.2) is 10.0 Å². The van der Waals surface area contributed by atoms with Crippen molar-refractivity contribution in [3.8, 4) is 5.75 Å². The first-order valence-corrected chi connectivity index (χ1v) is 6.43. The van der Waals surface area contributed by atoms with E-state index >= 15 is 0 Å². The molecule has 6 heteroatoms. The van der Waals surface area contributed by atoms with Crippen molar-refractivity contribution in [2.24, 2.45) is 11.7 Å². The summed E-state index contributed by atoms with van der Waals surface area (Å²) in [5, 5.41) is 20.5. The zero-order valence-corrected chi connectivity index (χ0v) is 10.5. The van der Waals surface area contributed by atoms with Crippen LogP contribution in [0, 0.1) is 21.8 Å². The largest absolute Gasteiger partial charge is 0.505 e. The van der Waals surface area contributed by atoms with Crippen LogP contribution >= 0.6 is 0 Å². The van der Waals surface area contributed by atoms with Gasteiger partial charge in [-0.2, -0.15) is 0 Å². The van der Waals surface area contributed by atoms with Gasteiger partial charge in [0.15, 0.2) is 11.6 Å². The van der Waals surface area contributed by atoms with Crippen molar-refractivity contribution in [2.45, 2.75) is 38.1 Å². The average Bonchev–Trinajstić information content (AvgIpc) is 2.41. The Kier molecular flexibility index (Phi) is 3.99. The van der Waals surface area contributed by atoms with Crippen LogP contribution in [0.4, 0.5) is 10.1 Å². The quantitative estimate of drug-likeness (QED) is 0.651. The number of nitrogens with two attached hydrogens (primary N) is 1. The molecular formula is C13H17FN2O3. The highest BCUT2D eigenvalue weighted by molar-refractivity contribution is 5.46. The molecule has 1 aliphatic carbocycles. The molecular weight excluding hydrogens is 251 g/mol. The summed E-state index contributed by atoms with van der Waals surface area (Å²) in [5.41, 5.74) is 5.82. The molecule has 0 unspecified atom stereocenters. The van der Waals surface area contributed by atoms with Gasteiger partial charge in [0.2, 0.25) is 0 Å². The molecule has 1 fully saturated rings. The number of hydrogen-bond donors (Lipinski definition) is 2. The normalized spacial score (nSPS) is 18.2. The van der Waals surface area contributed by atoms with E-state index in [1.165, 1.54) is 6.07 Å². The Hall–Kier alpha value is -1.69. The number of phenolic OH excluding ortho intramolecular Hbond substituents is 1. The minimum Gasteiger partial charge on any atom is -0.505 e. The van der Waals surface area contributed by atoms with Gasteiger partial charge >= 0.3 is 0 Å². The number of nitrogens with zero attached hydrogens (tertiary/aromatic N) is 1. The molecule has 19 heavy (non-hydrogen) atoms. The number of rotatable bonds is 3. The summed E-state index contributed by atoms with van der Waals surface area (Å²) >= 11 is 0. The number of non-ortho nitro benzene ring substituents is 1. The Morgan fingerprint density at radius 2 is 2.00 bits per heavy atom. The first-order chi connectivity index (χ1) is 9.00. The number of nitro groups is 1. The molecule has 0 heterocycles. The van der Waals surface area contributed by atoms with E-state index in [-0.39, 0.29) is 17.2 Å². The standard InChI is InChI=1S/C13H17FN2O3/c14-11-7-9(16(18)19)6-10(13(11)17)12(15)8-4-2-1-3-5-8/h6-8,12,17H,1-5,15H2/t12-/m1/s1. The van der Waals surface area contributed by atoms with Crippen LogP contribution in [0.3, 0.4) is 0 Å². The molecule has 0 radical (unpaired) electrons. The fourth-order valence-corrected chi connectivity index (χ4v) is 2.71. The zero-order chi connectivity index (χ0) is 14.0. The first-order valence-electron chi connectivity index (χ1n) is 6.43. The maximum Gasteiger partial charge on any atom is 0.272 e. The topological polar surface area (TPSA) is 89.4 Å². The molecule has 1 aromatic carbocycles. The van der Waals surface area contributed by atoms with Gasteiger partial charge in [-0.3, -0.25) is 10.1 Å². The third-order valence-electron chi connectivity index (χ3n) is 3.81. The molecule has 1 atom stereocenters. The zero-order valence-electron chi connectivity index (χ0n) is 10.5. The Balaban J connectivity index is 2.34. The molecule has 0 bridgehead atoms. The number of hydrogen-bond acceptors (Lipinski definition) is 4. The Morgan fingerprint density at radius 1 is 1.37 bits per heavy atom. The molecule has 2 rings (SSSR count). The minimum atomic E-state index is -0.990. The lowest BCUT2D eigenvalue weighted by Crippen LogP contribution is -2.24. The van der Waals surface area contributed by atoms with E-state index in [0.29, 0.717) is 6.07 Å². The number of aromatic hydroxyl groups is 1. The smallest absolute Gasteiger partial charge is 0.272 e. The van der Waals surface area contributed by atoms with Crippen molar-refractivity contribution in [1.29, 1.82) is 0 Å². The predicted molar refractivity (Wildman–Crippen MR) is 68.2 cm³/mol. The van der Waals surface area contributed by atoms with E-state index in [1.54, 1.807) is 0 Å². The lowest BCUT2D eigenvalue weighted by molar-refractivity contribution is -0.385. The molecule has 0 saturated heterocycles. The van der Waals surface area contributed by atoms with E-state index in [0.717, 1.165) is 32.1 Å². The van der Waals surface area contributed by atoms with E-state index in [9.17, 15) is 19.6 Å². The highest BCUT2D eigenvalue weighted by Crippen LogP contribution is 2.38. The van der Waals surface area contributed by atoms with Gasteiger partial charge < -0.3 is 10.8 Å². The Labute approximate surface area is 110 Å². The highest BCUT2D eigenvalue weighted by atomic mass is 19.1. The fraction of sp³-hybridized carbons (Fsp3) is 0.538. The van der Waals surface area contributed by atoms with Crippen LogP contribution < -0.4 is 5.73 Å². The summed E-state index contributed by atoms with van der Waals surface area (Å²) in [4.78, 5) is 10.1. The molecule has 3 N–H and O–H groups in total.